The van der Waals surface area contributed by atoms with Gasteiger partial charge in [-0.1, -0.05) is 6.07 Å². The van der Waals surface area contributed by atoms with E-state index in [0.717, 1.165) is 43.3 Å². The van der Waals surface area contributed by atoms with Gasteiger partial charge in [0.05, 0.1) is 5.60 Å². The molecule has 6 nitrogen and oxygen atoms in total. The van der Waals surface area contributed by atoms with Crippen molar-refractivity contribution >= 4 is 5.96 Å². The van der Waals surface area contributed by atoms with E-state index in [1.54, 1.807) is 13.2 Å². The lowest BCUT2D eigenvalue weighted by atomic mass is 10.0. The first-order valence-corrected chi connectivity index (χ1v) is 9.76. The summed E-state index contributed by atoms with van der Waals surface area (Å²) in [4.78, 5) is 8.61. The highest BCUT2D eigenvalue weighted by molar-refractivity contribution is 5.79. The number of hydrogen-bond donors (Lipinski definition) is 2. The van der Waals surface area contributed by atoms with Crippen LogP contribution in [0.4, 0.5) is 0 Å². The number of pyridine rings is 1. The molecule has 2 aromatic rings. The summed E-state index contributed by atoms with van der Waals surface area (Å²) in [6.45, 7) is 8.51. The number of nitrogens with one attached hydrogen (secondary N) is 2. The molecule has 0 spiro atoms. The molecule has 1 fully saturated rings. The van der Waals surface area contributed by atoms with Crippen molar-refractivity contribution in [2.45, 2.75) is 45.8 Å². The van der Waals surface area contributed by atoms with E-state index < -0.39 is 0 Å². The Morgan fingerprint density at radius 2 is 2.07 bits per heavy atom. The van der Waals surface area contributed by atoms with Gasteiger partial charge in [0.25, 0.3) is 0 Å². The predicted molar refractivity (Wildman–Crippen MR) is 112 cm³/mol. The lowest BCUT2D eigenvalue weighted by molar-refractivity contribution is 0.0243. The Morgan fingerprint density at radius 1 is 1.21 bits per heavy atom. The van der Waals surface area contributed by atoms with Crippen molar-refractivity contribution in [3.8, 4) is 11.6 Å². The number of aromatic nitrogens is 1. The molecule has 3 rings (SSSR count). The van der Waals surface area contributed by atoms with Gasteiger partial charge in [-0.3, -0.25) is 4.99 Å². The molecular weight excluding hydrogens is 352 g/mol. The SMILES string of the molecule is CN=C(NCc1ccnc(Oc2ccc(C)c(C)c2)c1)NCC1(C)CCCO1. The van der Waals surface area contributed by atoms with E-state index in [0.29, 0.717) is 12.4 Å². The second kappa shape index (κ2) is 9.06. The van der Waals surface area contributed by atoms with E-state index >= 15 is 0 Å². The molecule has 1 aromatic carbocycles. The molecule has 0 amide bonds. The molecule has 2 heterocycles. The summed E-state index contributed by atoms with van der Waals surface area (Å²) in [6.07, 6.45) is 3.95. The van der Waals surface area contributed by atoms with E-state index in [9.17, 15) is 0 Å². The van der Waals surface area contributed by atoms with Crippen LogP contribution in [0, 0.1) is 13.8 Å². The molecule has 1 aliphatic rings. The van der Waals surface area contributed by atoms with E-state index in [-0.39, 0.29) is 5.60 Å². The molecule has 28 heavy (non-hydrogen) atoms. The van der Waals surface area contributed by atoms with Gasteiger partial charge in [-0.15, -0.1) is 0 Å². The van der Waals surface area contributed by atoms with E-state index in [2.05, 4.69) is 47.4 Å². The number of aryl methyl sites for hydroxylation is 2. The molecule has 1 aliphatic heterocycles. The van der Waals surface area contributed by atoms with Gasteiger partial charge in [0.2, 0.25) is 5.88 Å². The summed E-state index contributed by atoms with van der Waals surface area (Å²) in [5.74, 6) is 2.13. The van der Waals surface area contributed by atoms with E-state index in [4.69, 9.17) is 9.47 Å². The van der Waals surface area contributed by atoms with E-state index in [1.807, 2.05) is 24.3 Å². The van der Waals surface area contributed by atoms with Crippen LogP contribution in [0.1, 0.15) is 36.5 Å². The minimum atomic E-state index is -0.110. The Morgan fingerprint density at radius 3 is 2.79 bits per heavy atom. The lowest BCUT2D eigenvalue weighted by Crippen LogP contribution is -2.45. The first-order valence-electron chi connectivity index (χ1n) is 9.76. The molecule has 0 bridgehead atoms. The third-order valence-electron chi connectivity index (χ3n) is 5.11. The minimum absolute atomic E-state index is 0.110. The van der Waals surface area contributed by atoms with Crippen LogP contribution in [-0.4, -0.2) is 36.7 Å². The highest BCUT2D eigenvalue weighted by Crippen LogP contribution is 2.24. The molecule has 1 atom stereocenters. The molecule has 0 aliphatic carbocycles. The highest BCUT2D eigenvalue weighted by Gasteiger charge is 2.29. The Hall–Kier alpha value is -2.60. The molecule has 2 N–H and O–H groups in total. The summed E-state index contributed by atoms with van der Waals surface area (Å²) >= 11 is 0. The van der Waals surface area contributed by atoms with Gasteiger partial charge in [-0.25, -0.2) is 4.98 Å². The third kappa shape index (κ3) is 5.45. The van der Waals surface area contributed by atoms with Crippen LogP contribution in [0.2, 0.25) is 0 Å². The van der Waals surface area contributed by atoms with Crippen molar-refractivity contribution < 1.29 is 9.47 Å². The standard InChI is InChI=1S/C22H30N4O2/c1-16-6-7-19(12-17(16)2)28-20-13-18(8-10-24-20)14-25-21(23-4)26-15-22(3)9-5-11-27-22/h6-8,10,12-13H,5,9,11,14-15H2,1-4H3,(H2,23,25,26). The number of hydrogen-bond acceptors (Lipinski definition) is 4. The van der Waals surface area contributed by atoms with Crippen molar-refractivity contribution in [2.75, 3.05) is 20.2 Å². The topological polar surface area (TPSA) is 67.8 Å². The molecule has 1 saturated heterocycles. The lowest BCUT2D eigenvalue weighted by Gasteiger charge is -2.24. The monoisotopic (exact) mass is 382 g/mol. The summed E-state index contributed by atoms with van der Waals surface area (Å²) in [5, 5.41) is 6.69. The van der Waals surface area contributed by atoms with Crippen molar-refractivity contribution in [3.63, 3.8) is 0 Å². The predicted octanol–water partition coefficient (Wildman–Crippen LogP) is 3.72. The van der Waals surface area contributed by atoms with Crippen LogP contribution < -0.4 is 15.4 Å². The number of guanidine groups is 1. The number of benzene rings is 1. The molecule has 0 saturated carbocycles. The Labute approximate surface area is 167 Å². The maximum atomic E-state index is 5.91. The summed E-state index contributed by atoms with van der Waals surface area (Å²) < 4.78 is 11.7. The second-order valence-corrected chi connectivity index (χ2v) is 7.53. The zero-order valence-corrected chi connectivity index (χ0v) is 17.2. The Balaban J connectivity index is 1.55. The van der Waals surface area contributed by atoms with Gasteiger partial charge < -0.3 is 20.1 Å². The average molecular weight is 383 g/mol. The van der Waals surface area contributed by atoms with Crippen LogP contribution in [0.3, 0.4) is 0 Å². The fraction of sp³-hybridized carbons (Fsp3) is 0.455. The second-order valence-electron chi connectivity index (χ2n) is 7.53. The molecule has 1 aromatic heterocycles. The molecule has 0 radical (unpaired) electrons. The summed E-state index contributed by atoms with van der Waals surface area (Å²) in [6, 6.07) is 9.96. The maximum absolute atomic E-state index is 5.91. The average Bonchev–Trinajstić information content (AvgIpc) is 3.12. The number of ether oxygens (including phenoxy) is 2. The van der Waals surface area contributed by atoms with Crippen molar-refractivity contribution in [1.82, 2.24) is 15.6 Å². The summed E-state index contributed by atoms with van der Waals surface area (Å²) in [7, 11) is 1.77. The normalized spacial score (nSPS) is 19.5. The highest BCUT2D eigenvalue weighted by atomic mass is 16.5. The number of aliphatic imine (C=N–C) groups is 1. The van der Waals surface area contributed by atoms with Crippen molar-refractivity contribution in [3.05, 3.63) is 53.2 Å². The zero-order valence-electron chi connectivity index (χ0n) is 17.2. The van der Waals surface area contributed by atoms with Gasteiger partial charge in [0.15, 0.2) is 5.96 Å². The largest absolute Gasteiger partial charge is 0.439 e. The van der Waals surface area contributed by atoms with Crippen LogP contribution in [0.15, 0.2) is 41.5 Å². The first kappa shape index (κ1) is 20.1. The minimum Gasteiger partial charge on any atom is -0.439 e. The van der Waals surface area contributed by atoms with Gasteiger partial charge in [-0.05, 0) is 68.5 Å². The zero-order chi connectivity index (χ0) is 20.0. The van der Waals surface area contributed by atoms with Gasteiger partial charge in [-0.2, -0.15) is 0 Å². The summed E-state index contributed by atoms with van der Waals surface area (Å²) in [5.41, 5.74) is 3.40. The molecule has 1 unspecified atom stereocenters. The molecular formula is C22H30N4O2. The van der Waals surface area contributed by atoms with Crippen LogP contribution in [0.25, 0.3) is 0 Å². The number of nitrogens with zero attached hydrogens (tertiary/aromatic N) is 2. The van der Waals surface area contributed by atoms with Crippen molar-refractivity contribution in [2.24, 2.45) is 4.99 Å². The van der Waals surface area contributed by atoms with Crippen LogP contribution in [0.5, 0.6) is 11.6 Å². The van der Waals surface area contributed by atoms with Crippen LogP contribution in [-0.2, 0) is 11.3 Å². The molecule has 6 heteroatoms. The van der Waals surface area contributed by atoms with E-state index in [1.165, 1.54) is 11.1 Å². The smallest absolute Gasteiger partial charge is 0.219 e. The fourth-order valence-corrected chi connectivity index (χ4v) is 3.17. The number of rotatable bonds is 6. The maximum Gasteiger partial charge on any atom is 0.219 e. The first-order chi connectivity index (χ1) is 13.5. The quantitative estimate of drug-likeness (QED) is 0.589. The molecule has 150 valence electrons. The fourth-order valence-electron chi connectivity index (χ4n) is 3.17. The third-order valence-corrected chi connectivity index (χ3v) is 5.11. The van der Waals surface area contributed by atoms with Gasteiger partial charge >= 0.3 is 0 Å². The Kier molecular flexibility index (Phi) is 6.52. The Bertz CT molecular complexity index is 829. The van der Waals surface area contributed by atoms with Crippen LogP contribution >= 0.6 is 0 Å². The van der Waals surface area contributed by atoms with Gasteiger partial charge in [0.1, 0.15) is 5.75 Å². The van der Waals surface area contributed by atoms with Crippen molar-refractivity contribution in [1.29, 1.82) is 0 Å². The van der Waals surface area contributed by atoms with Gasteiger partial charge in [0, 0.05) is 39.0 Å².